The fourth-order valence-corrected chi connectivity index (χ4v) is 3.20. The van der Waals surface area contributed by atoms with Gasteiger partial charge in [0.05, 0.1) is 23.4 Å². The van der Waals surface area contributed by atoms with Crippen LogP contribution in [-0.4, -0.2) is 23.3 Å². The topological polar surface area (TPSA) is 56.3 Å². The number of rotatable bonds is 9. The highest BCUT2D eigenvalue weighted by molar-refractivity contribution is 5.80. The smallest absolute Gasteiger partial charge is 0.418 e. The fraction of sp³-hybridized carbons (Fsp3) is 0.409. The third kappa shape index (κ3) is 7.06. The molecule has 0 unspecified atom stereocenters. The molecule has 0 N–H and O–H groups in total. The minimum absolute atomic E-state index is 0.0259. The van der Waals surface area contributed by atoms with Crippen LogP contribution in [0.4, 0.5) is 26.3 Å². The first-order valence-electron chi connectivity index (χ1n) is 9.80. The second-order valence-corrected chi connectivity index (χ2v) is 7.01. The van der Waals surface area contributed by atoms with Crippen LogP contribution in [0, 0.1) is 0 Å². The molecule has 0 saturated heterocycles. The summed E-state index contributed by atoms with van der Waals surface area (Å²) in [4.78, 5) is 27.7. The van der Waals surface area contributed by atoms with E-state index in [9.17, 15) is 35.9 Å². The highest BCUT2D eigenvalue weighted by Gasteiger charge is 2.37. The average molecular weight is 461 g/mol. The average Bonchev–Trinajstić information content (AvgIpc) is 2.71. The highest BCUT2D eigenvalue weighted by atomic mass is 19.4. The molecule has 1 atom stereocenters. The van der Waals surface area contributed by atoms with E-state index in [0.29, 0.717) is 0 Å². The first kappa shape index (κ1) is 25.4. The van der Waals surface area contributed by atoms with Crippen molar-refractivity contribution in [2.75, 3.05) is 6.61 Å². The zero-order chi connectivity index (χ0) is 23.9. The van der Waals surface area contributed by atoms with Crippen LogP contribution in [0.5, 0.6) is 0 Å². The van der Waals surface area contributed by atoms with Gasteiger partial charge >= 0.3 is 18.3 Å². The van der Waals surface area contributed by atoms with Gasteiger partial charge in [-0.3, -0.25) is 14.6 Å². The SMILES string of the molecule is CCOC(=O)CCCC(=O)C[C@@H](c1ccc(C(F)(F)F)cc1)c1ncccc1C(F)(F)F. The van der Waals surface area contributed by atoms with Crippen molar-refractivity contribution in [2.24, 2.45) is 0 Å². The summed E-state index contributed by atoms with van der Waals surface area (Å²) < 4.78 is 84.0. The molecule has 0 aliphatic carbocycles. The van der Waals surface area contributed by atoms with Gasteiger partial charge < -0.3 is 4.74 Å². The lowest BCUT2D eigenvalue weighted by Gasteiger charge is -2.21. The highest BCUT2D eigenvalue weighted by Crippen LogP contribution is 2.39. The number of alkyl halides is 6. The number of carbonyl (C=O) groups is 2. The number of carbonyl (C=O) groups excluding carboxylic acids is 2. The molecule has 32 heavy (non-hydrogen) atoms. The van der Waals surface area contributed by atoms with Crippen LogP contribution in [0.15, 0.2) is 42.6 Å². The number of ether oxygens (including phenoxy) is 1. The largest absolute Gasteiger partial charge is 0.466 e. The van der Waals surface area contributed by atoms with Crippen molar-refractivity contribution < 1.29 is 40.7 Å². The molecular weight excluding hydrogens is 440 g/mol. The second kappa shape index (κ2) is 10.6. The summed E-state index contributed by atoms with van der Waals surface area (Å²) in [6.07, 6.45) is -8.63. The molecule has 0 aliphatic rings. The van der Waals surface area contributed by atoms with Gasteiger partial charge in [0.2, 0.25) is 0 Å². The van der Waals surface area contributed by atoms with Gasteiger partial charge in [0.15, 0.2) is 0 Å². The van der Waals surface area contributed by atoms with Crippen LogP contribution in [-0.2, 0) is 26.7 Å². The van der Waals surface area contributed by atoms with Crippen LogP contribution in [0.3, 0.4) is 0 Å². The number of ketones is 1. The lowest BCUT2D eigenvalue weighted by Crippen LogP contribution is -2.17. The summed E-state index contributed by atoms with van der Waals surface area (Å²) in [5.74, 6) is -2.15. The lowest BCUT2D eigenvalue weighted by atomic mass is 9.86. The quantitative estimate of drug-likeness (QED) is 0.342. The monoisotopic (exact) mass is 461 g/mol. The first-order chi connectivity index (χ1) is 14.9. The van der Waals surface area contributed by atoms with Crippen molar-refractivity contribution in [3.8, 4) is 0 Å². The Morgan fingerprint density at radius 3 is 2.19 bits per heavy atom. The zero-order valence-electron chi connectivity index (χ0n) is 17.1. The molecular formula is C22H21F6NO3. The fourth-order valence-electron chi connectivity index (χ4n) is 3.20. The minimum Gasteiger partial charge on any atom is -0.466 e. The molecule has 10 heteroatoms. The number of Topliss-reactive ketones (excluding diaryl/α,β-unsaturated/α-hetero) is 1. The lowest BCUT2D eigenvalue weighted by molar-refractivity contribution is -0.143. The van der Waals surface area contributed by atoms with Gasteiger partial charge in [-0.2, -0.15) is 26.3 Å². The number of esters is 1. The van der Waals surface area contributed by atoms with Gasteiger partial charge in [0.1, 0.15) is 5.78 Å². The zero-order valence-corrected chi connectivity index (χ0v) is 17.1. The van der Waals surface area contributed by atoms with Crippen molar-refractivity contribution in [1.82, 2.24) is 4.98 Å². The Kier molecular flexibility index (Phi) is 8.40. The van der Waals surface area contributed by atoms with Gasteiger partial charge in [-0.15, -0.1) is 0 Å². The number of pyridine rings is 1. The first-order valence-corrected chi connectivity index (χ1v) is 9.80. The Labute approximate surface area is 180 Å². The van der Waals surface area contributed by atoms with Crippen molar-refractivity contribution in [3.05, 3.63) is 65.0 Å². The standard InChI is InChI=1S/C22H21F6NO3/c1-2-32-19(31)7-3-5-16(30)13-17(14-8-10-15(11-9-14)21(23,24)25)20-18(22(26,27)28)6-4-12-29-20/h4,6,8-12,17H,2-3,5,7,13H2,1H3/t17-/m0/s1. The molecule has 0 bridgehead atoms. The Hall–Kier alpha value is -2.91. The van der Waals surface area contributed by atoms with E-state index in [-0.39, 0.29) is 31.4 Å². The predicted octanol–water partition coefficient (Wildman–Crippen LogP) is 5.94. The maximum Gasteiger partial charge on any atom is 0.418 e. The number of aromatic nitrogens is 1. The number of benzene rings is 1. The summed E-state index contributed by atoms with van der Waals surface area (Å²) in [6, 6.07) is 5.51. The third-order valence-corrected chi connectivity index (χ3v) is 4.69. The van der Waals surface area contributed by atoms with Crippen LogP contribution in [0.2, 0.25) is 0 Å². The van der Waals surface area contributed by atoms with E-state index in [0.717, 1.165) is 42.6 Å². The number of hydrogen-bond acceptors (Lipinski definition) is 4. The van der Waals surface area contributed by atoms with Crippen molar-refractivity contribution >= 4 is 11.8 Å². The summed E-state index contributed by atoms with van der Waals surface area (Å²) in [6.45, 7) is 1.81. The third-order valence-electron chi connectivity index (χ3n) is 4.69. The molecule has 1 aromatic carbocycles. The Morgan fingerprint density at radius 2 is 1.62 bits per heavy atom. The summed E-state index contributed by atoms with van der Waals surface area (Å²) in [7, 11) is 0. The molecule has 1 aromatic heterocycles. The Morgan fingerprint density at radius 1 is 0.969 bits per heavy atom. The summed E-state index contributed by atoms with van der Waals surface area (Å²) >= 11 is 0. The maximum absolute atomic E-state index is 13.5. The second-order valence-electron chi connectivity index (χ2n) is 7.01. The predicted molar refractivity (Wildman–Crippen MR) is 103 cm³/mol. The van der Waals surface area contributed by atoms with Gasteiger partial charge in [0, 0.05) is 31.4 Å². The van der Waals surface area contributed by atoms with E-state index < -0.39 is 53.3 Å². The molecule has 4 nitrogen and oxygen atoms in total. The summed E-state index contributed by atoms with van der Waals surface area (Å²) in [5.41, 5.74) is -2.37. The van der Waals surface area contributed by atoms with Crippen LogP contribution < -0.4 is 0 Å². The molecule has 0 saturated carbocycles. The van der Waals surface area contributed by atoms with Crippen molar-refractivity contribution in [2.45, 2.75) is 50.9 Å². The molecule has 174 valence electrons. The van der Waals surface area contributed by atoms with E-state index in [1.54, 1.807) is 6.92 Å². The molecule has 0 fully saturated rings. The van der Waals surface area contributed by atoms with Crippen molar-refractivity contribution in [1.29, 1.82) is 0 Å². The molecule has 0 aliphatic heterocycles. The van der Waals surface area contributed by atoms with Gasteiger partial charge in [-0.25, -0.2) is 0 Å². The Bertz CT molecular complexity index is 922. The van der Waals surface area contributed by atoms with E-state index in [1.165, 1.54) is 0 Å². The molecule has 0 spiro atoms. The number of halogens is 6. The molecule has 1 heterocycles. The van der Waals surface area contributed by atoms with Crippen LogP contribution in [0.1, 0.15) is 60.9 Å². The van der Waals surface area contributed by atoms with Gasteiger partial charge in [0.25, 0.3) is 0 Å². The normalized spacial score (nSPS) is 13.0. The van der Waals surface area contributed by atoms with E-state index in [4.69, 9.17) is 4.74 Å². The molecule has 2 aromatic rings. The molecule has 0 amide bonds. The Balaban J connectivity index is 2.33. The number of hydrogen-bond donors (Lipinski definition) is 0. The molecule has 2 rings (SSSR count). The summed E-state index contributed by atoms with van der Waals surface area (Å²) in [5, 5.41) is 0. The van der Waals surface area contributed by atoms with Crippen LogP contribution in [0.25, 0.3) is 0 Å². The van der Waals surface area contributed by atoms with E-state index in [2.05, 4.69) is 4.98 Å². The minimum atomic E-state index is -4.76. The van der Waals surface area contributed by atoms with Crippen molar-refractivity contribution in [3.63, 3.8) is 0 Å². The molecule has 0 radical (unpaired) electrons. The van der Waals surface area contributed by atoms with Gasteiger partial charge in [-0.1, -0.05) is 12.1 Å². The maximum atomic E-state index is 13.5. The number of nitrogens with zero attached hydrogens (tertiary/aromatic N) is 1. The van der Waals surface area contributed by atoms with E-state index in [1.807, 2.05) is 0 Å². The van der Waals surface area contributed by atoms with Crippen LogP contribution >= 0.6 is 0 Å². The van der Waals surface area contributed by atoms with Gasteiger partial charge in [-0.05, 0) is 43.2 Å². The van der Waals surface area contributed by atoms with E-state index >= 15 is 0 Å².